The molecule has 0 saturated heterocycles. The normalized spacial score (nSPS) is 16.6. The summed E-state index contributed by atoms with van der Waals surface area (Å²) in [6, 6.07) is 3.95. The topological polar surface area (TPSA) is 46.5 Å². The summed E-state index contributed by atoms with van der Waals surface area (Å²) in [5.41, 5.74) is 1.21. The van der Waals surface area contributed by atoms with Crippen LogP contribution < -0.4 is 4.74 Å². The quantitative estimate of drug-likeness (QED) is 0.929. The zero-order valence-corrected chi connectivity index (χ0v) is 11.5. The number of halogens is 1. The molecule has 1 aliphatic rings. The molecule has 3 nitrogen and oxygen atoms in total. The number of aliphatic carboxylic acids is 1. The average Bonchev–Trinajstić information content (AvgIpc) is 3.09. The van der Waals surface area contributed by atoms with E-state index in [1.807, 2.05) is 12.1 Å². The van der Waals surface area contributed by atoms with Crippen LogP contribution in [0.5, 0.6) is 5.75 Å². The lowest BCUT2D eigenvalue weighted by atomic mass is 9.93. The van der Waals surface area contributed by atoms with Gasteiger partial charge in [0.05, 0.1) is 17.0 Å². The number of aryl methyl sites for hydroxylation is 1. The summed E-state index contributed by atoms with van der Waals surface area (Å²) >= 11 is 3.45. The van der Waals surface area contributed by atoms with E-state index in [0.717, 1.165) is 22.0 Å². The Morgan fingerprint density at radius 1 is 1.53 bits per heavy atom. The summed E-state index contributed by atoms with van der Waals surface area (Å²) < 4.78 is 6.18. The molecular formula is C13H15BrO3. The van der Waals surface area contributed by atoms with Gasteiger partial charge in [-0.05, 0) is 46.8 Å². The number of methoxy groups -OCH3 is 1. The molecule has 0 aromatic heterocycles. The van der Waals surface area contributed by atoms with Gasteiger partial charge < -0.3 is 9.84 Å². The van der Waals surface area contributed by atoms with Gasteiger partial charge in [0.15, 0.2) is 0 Å². The van der Waals surface area contributed by atoms with Gasteiger partial charge in [0.1, 0.15) is 5.75 Å². The lowest BCUT2D eigenvalue weighted by Crippen LogP contribution is -2.20. The predicted octanol–water partition coefficient (Wildman–Crippen LogP) is 3.14. The van der Waals surface area contributed by atoms with E-state index in [-0.39, 0.29) is 0 Å². The van der Waals surface area contributed by atoms with Crippen molar-refractivity contribution in [1.29, 1.82) is 0 Å². The van der Waals surface area contributed by atoms with Crippen molar-refractivity contribution in [3.63, 3.8) is 0 Å². The Balaban J connectivity index is 2.59. The standard InChI is InChI=1S/C13H15BrO3/c1-3-8-6-9(11(17-2)10(14)7-8)13(4-5-13)12(15)16/h6-7H,3-5H2,1-2H3,(H,15,16). The highest BCUT2D eigenvalue weighted by Gasteiger charge is 2.53. The first kappa shape index (κ1) is 12.4. The molecule has 0 aliphatic heterocycles. The van der Waals surface area contributed by atoms with Gasteiger partial charge in [-0.25, -0.2) is 0 Å². The van der Waals surface area contributed by atoms with Gasteiger partial charge in [-0.1, -0.05) is 13.0 Å². The fraction of sp³-hybridized carbons (Fsp3) is 0.462. The van der Waals surface area contributed by atoms with Gasteiger partial charge >= 0.3 is 5.97 Å². The largest absolute Gasteiger partial charge is 0.495 e. The molecule has 1 fully saturated rings. The minimum absolute atomic E-state index is 0.655. The maximum Gasteiger partial charge on any atom is 0.314 e. The van der Waals surface area contributed by atoms with E-state index >= 15 is 0 Å². The Morgan fingerprint density at radius 2 is 2.18 bits per heavy atom. The zero-order chi connectivity index (χ0) is 12.6. The van der Waals surface area contributed by atoms with Gasteiger partial charge in [-0.2, -0.15) is 0 Å². The molecule has 1 N–H and O–H groups in total. The third-order valence-electron chi connectivity index (χ3n) is 3.39. The van der Waals surface area contributed by atoms with Gasteiger partial charge in [0, 0.05) is 5.56 Å². The molecule has 1 aromatic carbocycles. The third kappa shape index (κ3) is 1.95. The van der Waals surface area contributed by atoms with Gasteiger partial charge in [0.25, 0.3) is 0 Å². The highest BCUT2D eigenvalue weighted by atomic mass is 79.9. The monoisotopic (exact) mass is 298 g/mol. The Labute approximate surface area is 109 Å². The number of benzene rings is 1. The van der Waals surface area contributed by atoms with Crippen LogP contribution in [0.1, 0.15) is 30.9 Å². The Bertz CT molecular complexity index is 464. The van der Waals surface area contributed by atoms with Crippen LogP contribution in [0, 0.1) is 0 Å². The second kappa shape index (κ2) is 4.33. The van der Waals surface area contributed by atoms with Crippen molar-refractivity contribution in [3.05, 3.63) is 27.7 Å². The zero-order valence-electron chi connectivity index (χ0n) is 9.92. The molecule has 92 valence electrons. The number of hydrogen-bond donors (Lipinski definition) is 1. The van der Waals surface area contributed by atoms with E-state index in [1.54, 1.807) is 7.11 Å². The molecule has 1 aliphatic carbocycles. The number of carbonyl (C=O) groups is 1. The van der Waals surface area contributed by atoms with Gasteiger partial charge in [0.2, 0.25) is 0 Å². The third-order valence-corrected chi connectivity index (χ3v) is 3.98. The van der Waals surface area contributed by atoms with Crippen LogP contribution in [-0.2, 0) is 16.6 Å². The first-order valence-corrected chi connectivity index (χ1v) is 6.44. The SMILES string of the molecule is CCc1cc(Br)c(OC)c(C2(C(=O)O)CC2)c1. The summed E-state index contributed by atoms with van der Waals surface area (Å²) in [6.45, 7) is 2.05. The van der Waals surface area contributed by atoms with Crippen molar-refractivity contribution in [3.8, 4) is 5.75 Å². The summed E-state index contributed by atoms with van der Waals surface area (Å²) in [6.07, 6.45) is 2.27. The Morgan fingerprint density at radius 3 is 2.59 bits per heavy atom. The molecule has 0 radical (unpaired) electrons. The van der Waals surface area contributed by atoms with Crippen molar-refractivity contribution < 1.29 is 14.6 Å². The molecule has 0 unspecified atom stereocenters. The molecule has 1 aromatic rings. The van der Waals surface area contributed by atoms with Gasteiger partial charge in [-0.15, -0.1) is 0 Å². The number of hydrogen-bond acceptors (Lipinski definition) is 2. The maximum atomic E-state index is 11.4. The Kier molecular flexibility index (Phi) is 3.17. The minimum atomic E-state index is -0.754. The Hall–Kier alpha value is -1.03. The van der Waals surface area contributed by atoms with Crippen LogP contribution in [0.4, 0.5) is 0 Å². The average molecular weight is 299 g/mol. The van der Waals surface area contributed by atoms with Crippen LogP contribution >= 0.6 is 15.9 Å². The lowest BCUT2D eigenvalue weighted by Gasteiger charge is -2.17. The first-order valence-electron chi connectivity index (χ1n) is 5.65. The van der Waals surface area contributed by atoms with Crippen LogP contribution in [0.2, 0.25) is 0 Å². The van der Waals surface area contributed by atoms with E-state index in [2.05, 4.69) is 22.9 Å². The number of carboxylic acid groups (broad SMARTS) is 1. The second-order valence-electron chi connectivity index (χ2n) is 4.40. The van der Waals surface area contributed by atoms with Crippen molar-refractivity contribution in [2.24, 2.45) is 0 Å². The predicted molar refractivity (Wildman–Crippen MR) is 68.6 cm³/mol. The summed E-state index contributed by atoms with van der Waals surface area (Å²) in [4.78, 5) is 11.4. The van der Waals surface area contributed by atoms with Crippen LogP contribution in [-0.4, -0.2) is 18.2 Å². The van der Waals surface area contributed by atoms with Crippen LogP contribution in [0.3, 0.4) is 0 Å². The van der Waals surface area contributed by atoms with E-state index < -0.39 is 11.4 Å². The molecule has 0 spiro atoms. The number of rotatable bonds is 4. The van der Waals surface area contributed by atoms with Crippen molar-refractivity contribution in [2.75, 3.05) is 7.11 Å². The number of carboxylic acids is 1. The molecule has 0 bridgehead atoms. The fourth-order valence-corrected chi connectivity index (χ4v) is 2.81. The van der Waals surface area contributed by atoms with Crippen LogP contribution in [0.25, 0.3) is 0 Å². The highest BCUT2D eigenvalue weighted by molar-refractivity contribution is 9.10. The highest BCUT2D eigenvalue weighted by Crippen LogP contribution is 2.53. The van der Waals surface area contributed by atoms with Crippen molar-refractivity contribution >= 4 is 21.9 Å². The van der Waals surface area contributed by atoms with E-state index in [9.17, 15) is 9.90 Å². The van der Waals surface area contributed by atoms with E-state index in [1.165, 1.54) is 0 Å². The first-order chi connectivity index (χ1) is 8.05. The molecule has 4 heteroatoms. The number of ether oxygens (including phenoxy) is 1. The van der Waals surface area contributed by atoms with E-state index in [4.69, 9.17) is 4.74 Å². The van der Waals surface area contributed by atoms with E-state index in [0.29, 0.717) is 18.6 Å². The lowest BCUT2D eigenvalue weighted by molar-refractivity contribution is -0.140. The van der Waals surface area contributed by atoms with Crippen molar-refractivity contribution in [1.82, 2.24) is 0 Å². The van der Waals surface area contributed by atoms with Crippen molar-refractivity contribution in [2.45, 2.75) is 31.6 Å². The molecule has 17 heavy (non-hydrogen) atoms. The molecular weight excluding hydrogens is 284 g/mol. The van der Waals surface area contributed by atoms with Crippen LogP contribution in [0.15, 0.2) is 16.6 Å². The maximum absolute atomic E-state index is 11.4. The minimum Gasteiger partial charge on any atom is -0.495 e. The smallest absolute Gasteiger partial charge is 0.314 e. The summed E-state index contributed by atoms with van der Waals surface area (Å²) in [5, 5.41) is 9.36. The second-order valence-corrected chi connectivity index (χ2v) is 5.25. The molecule has 0 heterocycles. The summed E-state index contributed by atoms with van der Waals surface area (Å²) in [7, 11) is 1.58. The van der Waals surface area contributed by atoms with Gasteiger partial charge in [-0.3, -0.25) is 4.79 Å². The fourth-order valence-electron chi connectivity index (χ4n) is 2.14. The summed E-state index contributed by atoms with van der Waals surface area (Å²) in [5.74, 6) is -0.0990. The molecule has 1 saturated carbocycles. The molecule has 0 atom stereocenters. The molecule has 2 rings (SSSR count). The molecule has 0 amide bonds.